The smallest absolute Gasteiger partial charge is 0.176 e. The Kier molecular flexibility index (Phi) is 3.92. The molecule has 0 amide bonds. The van der Waals surface area contributed by atoms with Crippen LogP contribution in [0.25, 0.3) is 10.8 Å². The monoisotopic (exact) mass is 214 g/mol. The molecule has 1 nitrogen and oxygen atoms in total. The van der Waals surface area contributed by atoms with E-state index in [0.29, 0.717) is 0 Å². The first-order chi connectivity index (χ1) is 7.90. The molecule has 0 aliphatic carbocycles. The highest BCUT2D eigenvalue weighted by Gasteiger charge is 2.01. The van der Waals surface area contributed by atoms with Crippen LogP contribution in [0.2, 0.25) is 0 Å². The van der Waals surface area contributed by atoms with Crippen molar-refractivity contribution in [3.63, 3.8) is 0 Å². The van der Waals surface area contributed by atoms with Gasteiger partial charge in [-0.3, -0.25) is 0 Å². The van der Waals surface area contributed by atoms with Crippen LogP contribution in [0.1, 0.15) is 32.6 Å². The Morgan fingerprint density at radius 3 is 2.56 bits per heavy atom. The number of nitrogens with zero attached hydrogens (tertiary/aromatic N) is 1. The number of aromatic nitrogens is 1. The van der Waals surface area contributed by atoms with Crippen molar-refractivity contribution in [1.82, 2.24) is 0 Å². The van der Waals surface area contributed by atoms with E-state index in [1.54, 1.807) is 0 Å². The summed E-state index contributed by atoms with van der Waals surface area (Å²) in [6, 6.07) is 10.7. The quantitative estimate of drug-likeness (QED) is 0.527. The Bertz CT molecular complexity index is 448. The third kappa shape index (κ3) is 2.82. The van der Waals surface area contributed by atoms with Crippen LogP contribution in [0, 0.1) is 0 Å². The number of hydrogen-bond donors (Lipinski definition) is 0. The molecule has 1 aromatic carbocycles. The highest BCUT2D eigenvalue weighted by atomic mass is 14.9. The summed E-state index contributed by atoms with van der Waals surface area (Å²) in [6.45, 7) is 3.40. The van der Waals surface area contributed by atoms with Gasteiger partial charge in [-0.2, -0.15) is 0 Å². The zero-order valence-electron chi connectivity index (χ0n) is 10.0. The van der Waals surface area contributed by atoms with E-state index in [4.69, 9.17) is 0 Å². The lowest BCUT2D eigenvalue weighted by Gasteiger charge is -1.99. The molecule has 1 aromatic heterocycles. The first kappa shape index (κ1) is 11.1. The van der Waals surface area contributed by atoms with Crippen LogP contribution in [0.5, 0.6) is 0 Å². The standard InChI is InChI=1S/C15H20N/c1-2-3-4-7-11-16-12-10-14-8-5-6-9-15(14)13-16/h5-6,8-10,12-13H,2-4,7,11H2,1H3/q+1. The summed E-state index contributed by atoms with van der Waals surface area (Å²) in [5, 5.41) is 2.66. The van der Waals surface area contributed by atoms with Crippen molar-refractivity contribution >= 4 is 10.8 Å². The average molecular weight is 214 g/mol. The SMILES string of the molecule is CCCCCC[n+]1ccc2ccccc2c1. The molecule has 0 spiro atoms. The van der Waals surface area contributed by atoms with Gasteiger partial charge in [-0.05, 0) is 17.9 Å². The van der Waals surface area contributed by atoms with Gasteiger partial charge in [-0.15, -0.1) is 0 Å². The summed E-state index contributed by atoms with van der Waals surface area (Å²) in [6.07, 6.45) is 9.74. The van der Waals surface area contributed by atoms with Crippen LogP contribution in [-0.2, 0) is 6.54 Å². The van der Waals surface area contributed by atoms with E-state index in [9.17, 15) is 0 Å². The van der Waals surface area contributed by atoms with Gasteiger partial charge in [0, 0.05) is 17.9 Å². The predicted octanol–water partition coefficient (Wildman–Crippen LogP) is 3.71. The lowest BCUT2D eigenvalue weighted by Crippen LogP contribution is -2.32. The van der Waals surface area contributed by atoms with Gasteiger partial charge in [0.05, 0.1) is 0 Å². The lowest BCUT2D eigenvalue weighted by atomic mass is 10.1. The first-order valence-corrected chi connectivity index (χ1v) is 6.28. The number of aryl methyl sites for hydroxylation is 1. The first-order valence-electron chi connectivity index (χ1n) is 6.28. The van der Waals surface area contributed by atoms with Crippen molar-refractivity contribution in [2.45, 2.75) is 39.2 Å². The predicted molar refractivity (Wildman–Crippen MR) is 68.3 cm³/mol. The molecule has 16 heavy (non-hydrogen) atoms. The molecule has 84 valence electrons. The highest BCUT2D eigenvalue weighted by Crippen LogP contribution is 2.09. The molecule has 0 fully saturated rings. The van der Waals surface area contributed by atoms with Gasteiger partial charge in [0.2, 0.25) is 0 Å². The second-order valence-corrected chi connectivity index (χ2v) is 4.37. The topological polar surface area (TPSA) is 3.88 Å². The molecular weight excluding hydrogens is 194 g/mol. The lowest BCUT2D eigenvalue weighted by molar-refractivity contribution is -0.696. The summed E-state index contributed by atoms with van der Waals surface area (Å²) in [4.78, 5) is 0. The minimum Gasteiger partial charge on any atom is -0.205 e. The number of hydrogen-bond acceptors (Lipinski definition) is 0. The fourth-order valence-electron chi connectivity index (χ4n) is 2.04. The second kappa shape index (κ2) is 5.64. The van der Waals surface area contributed by atoms with E-state index in [1.807, 2.05) is 0 Å². The van der Waals surface area contributed by atoms with Gasteiger partial charge in [0.25, 0.3) is 0 Å². The van der Waals surface area contributed by atoms with Crippen LogP contribution in [-0.4, -0.2) is 0 Å². The van der Waals surface area contributed by atoms with Gasteiger partial charge in [0.1, 0.15) is 6.54 Å². The highest BCUT2D eigenvalue weighted by molar-refractivity contribution is 5.80. The molecule has 0 saturated carbocycles. The van der Waals surface area contributed by atoms with Crippen molar-refractivity contribution in [2.24, 2.45) is 0 Å². The molecule has 0 bridgehead atoms. The van der Waals surface area contributed by atoms with Gasteiger partial charge >= 0.3 is 0 Å². The minimum atomic E-state index is 1.14. The summed E-state index contributed by atoms with van der Waals surface area (Å²) in [5.41, 5.74) is 0. The van der Waals surface area contributed by atoms with E-state index in [0.717, 1.165) is 6.54 Å². The Hall–Kier alpha value is -1.37. The van der Waals surface area contributed by atoms with Gasteiger partial charge in [0.15, 0.2) is 12.4 Å². The molecule has 2 rings (SSSR count). The average Bonchev–Trinajstić information content (AvgIpc) is 2.34. The van der Waals surface area contributed by atoms with Crippen molar-refractivity contribution in [3.05, 3.63) is 42.7 Å². The van der Waals surface area contributed by atoms with Crippen LogP contribution < -0.4 is 4.57 Å². The van der Waals surface area contributed by atoms with Crippen LogP contribution in [0.15, 0.2) is 42.7 Å². The number of rotatable bonds is 5. The van der Waals surface area contributed by atoms with Gasteiger partial charge in [-0.25, -0.2) is 4.57 Å². The summed E-state index contributed by atoms with van der Waals surface area (Å²) in [7, 11) is 0. The fourth-order valence-corrected chi connectivity index (χ4v) is 2.04. The second-order valence-electron chi connectivity index (χ2n) is 4.37. The minimum absolute atomic E-state index is 1.14. The normalized spacial score (nSPS) is 10.8. The van der Waals surface area contributed by atoms with E-state index < -0.39 is 0 Å². The van der Waals surface area contributed by atoms with Crippen molar-refractivity contribution in [1.29, 1.82) is 0 Å². The molecule has 0 aliphatic rings. The maximum absolute atomic E-state index is 2.30. The molecule has 0 radical (unpaired) electrons. The maximum atomic E-state index is 2.30. The summed E-state index contributed by atoms with van der Waals surface area (Å²) >= 11 is 0. The Balaban J connectivity index is 2.02. The zero-order valence-corrected chi connectivity index (χ0v) is 10.0. The Labute approximate surface area is 97.7 Å². The maximum Gasteiger partial charge on any atom is 0.176 e. The number of benzene rings is 1. The van der Waals surface area contributed by atoms with E-state index in [2.05, 4.69) is 54.2 Å². The molecule has 0 N–H and O–H groups in total. The van der Waals surface area contributed by atoms with Crippen molar-refractivity contribution < 1.29 is 4.57 Å². The van der Waals surface area contributed by atoms with Crippen LogP contribution >= 0.6 is 0 Å². The molecule has 0 saturated heterocycles. The number of fused-ring (bicyclic) bond motifs is 1. The molecule has 0 aliphatic heterocycles. The number of unbranched alkanes of at least 4 members (excludes halogenated alkanes) is 3. The van der Waals surface area contributed by atoms with Crippen molar-refractivity contribution in [3.8, 4) is 0 Å². The van der Waals surface area contributed by atoms with E-state index >= 15 is 0 Å². The van der Waals surface area contributed by atoms with Crippen LogP contribution in [0.4, 0.5) is 0 Å². The van der Waals surface area contributed by atoms with Gasteiger partial charge in [-0.1, -0.05) is 38.0 Å². The third-order valence-corrected chi connectivity index (χ3v) is 3.02. The number of pyridine rings is 1. The molecule has 0 unspecified atom stereocenters. The Morgan fingerprint density at radius 1 is 0.938 bits per heavy atom. The largest absolute Gasteiger partial charge is 0.205 e. The molecule has 0 atom stereocenters. The molecule has 1 heteroatoms. The zero-order chi connectivity index (χ0) is 11.2. The molecular formula is C15H20N+. The molecule has 1 heterocycles. The summed E-state index contributed by atoms with van der Waals surface area (Å²) < 4.78 is 2.30. The van der Waals surface area contributed by atoms with E-state index in [1.165, 1.54) is 36.5 Å². The van der Waals surface area contributed by atoms with Crippen LogP contribution in [0.3, 0.4) is 0 Å². The summed E-state index contributed by atoms with van der Waals surface area (Å²) in [5.74, 6) is 0. The van der Waals surface area contributed by atoms with Gasteiger partial charge < -0.3 is 0 Å². The third-order valence-electron chi connectivity index (χ3n) is 3.02. The van der Waals surface area contributed by atoms with E-state index in [-0.39, 0.29) is 0 Å². The van der Waals surface area contributed by atoms with Crippen molar-refractivity contribution in [2.75, 3.05) is 0 Å². The fraction of sp³-hybridized carbons (Fsp3) is 0.400. The Morgan fingerprint density at radius 2 is 1.75 bits per heavy atom. The molecule has 2 aromatic rings.